The Hall–Kier alpha value is -3.63. The molecule has 0 radical (unpaired) electrons. The van der Waals surface area contributed by atoms with E-state index in [1.807, 2.05) is 36.4 Å². The minimum atomic E-state index is -1.50. The number of hydrogen-bond acceptors (Lipinski definition) is 8. The fourth-order valence-electron chi connectivity index (χ4n) is 6.12. The molecule has 0 spiro atoms. The summed E-state index contributed by atoms with van der Waals surface area (Å²) >= 11 is 1.80. The van der Waals surface area contributed by atoms with E-state index in [-0.39, 0.29) is 18.1 Å². The van der Waals surface area contributed by atoms with Crippen LogP contribution in [0.5, 0.6) is 11.5 Å². The second kappa shape index (κ2) is 13.6. The molecule has 1 atom stereocenters. The van der Waals surface area contributed by atoms with E-state index in [2.05, 4.69) is 53.3 Å². The third-order valence-electron chi connectivity index (χ3n) is 8.53. The van der Waals surface area contributed by atoms with Crippen molar-refractivity contribution < 1.29 is 24.1 Å². The number of carbonyl (C=O) groups excluding carboxylic acids is 1. The van der Waals surface area contributed by atoms with Crippen LogP contribution in [0, 0.1) is 0 Å². The highest BCUT2D eigenvalue weighted by atomic mass is 32.1. The molecule has 1 saturated heterocycles. The maximum absolute atomic E-state index is 13.1. The van der Waals surface area contributed by atoms with Crippen molar-refractivity contribution in [1.29, 1.82) is 0 Å². The Bertz CT molecular complexity index is 1550. The zero-order valence-electron chi connectivity index (χ0n) is 25.5. The number of para-hydroxylation sites is 1. The molecule has 1 amide bonds. The highest BCUT2D eigenvalue weighted by molar-refractivity contribution is 7.17. The van der Waals surface area contributed by atoms with E-state index in [0.29, 0.717) is 18.8 Å². The second-order valence-corrected chi connectivity index (χ2v) is 13.0. The third-order valence-corrected chi connectivity index (χ3v) is 9.41. The van der Waals surface area contributed by atoms with Gasteiger partial charge in [-0.2, -0.15) is 0 Å². The normalized spacial score (nSPS) is 17.5. The summed E-state index contributed by atoms with van der Waals surface area (Å²) < 4.78 is 18.4. The number of fused-ring (bicyclic) bond motifs is 2. The molecule has 1 N–H and O–H groups in total. The highest BCUT2D eigenvalue weighted by Gasteiger charge is 2.37. The number of amides is 1. The van der Waals surface area contributed by atoms with E-state index in [4.69, 9.17) is 14.2 Å². The molecule has 3 heterocycles. The Morgan fingerprint density at radius 1 is 0.909 bits per heavy atom. The molecule has 1 unspecified atom stereocenters. The van der Waals surface area contributed by atoms with Gasteiger partial charge in [0.05, 0.1) is 12.3 Å². The average Bonchev–Trinajstić information content (AvgIpc) is 3.51. The molecule has 3 aromatic carbocycles. The lowest BCUT2D eigenvalue weighted by Gasteiger charge is -2.38. The van der Waals surface area contributed by atoms with Gasteiger partial charge in [0.2, 0.25) is 5.91 Å². The molecule has 0 bridgehead atoms. The van der Waals surface area contributed by atoms with Crippen LogP contribution in [0.25, 0.3) is 10.1 Å². The molecule has 1 aromatic heterocycles. The van der Waals surface area contributed by atoms with E-state index in [1.54, 1.807) is 28.4 Å². The van der Waals surface area contributed by atoms with Gasteiger partial charge < -0.3 is 19.5 Å². The van der Waals surface area contributed by atoms with Crippen LogP contribution in [0.2, 0.25) is 0 Å². The van der Waals surface area contributed by atoms with Crippen LogP contribution in [-0.4, -0.2) is 68.5 Å². The van der Waals surface area contributed by atoms with Crippen LogP contribution >= 0.6 is 11.3 Å². The highest BCUT2D eigenvalue weighted by Crippen LogP contribution is 2.42. The average molecular weight is 616 g/mol. The molecule has 8 nitrogen and oxygen atoms in total. The summed E-state index contributed by atoms with van der Waals surface area (Å²) in [4.78, 5) is 19.7. The third kappa shape index (κ3) is 7.02. The number of benzene rings is 3. The van der Waals surface area contributed by atoms with Gasteiger partial charge in [0.1, 0.15) is 18.2 Å². The molecule has 44 heavy (non-hydrogen) atoms. The van der Waals surface area contributed by atoms with Crippen molar-refractivity contribution in [3.63, 3.8) is 0 Å². The van der Waals surface area contributed by atoms with Crippen molar-refractivity contribution in [1.82, 2.24) is 4.90 Å². The molecule has 2 aliphatic rings. The summed E-state index contributed by atoms with van der Waals surface area (Å²) in [7, 11) is 0. The van der Waals surface area contributed by atoms with Gasteiger partial charge in [0.15, 0.2) is 0 Å². The fourth-order valence-corrected chi connectivity index (χ4v) is 6.93. The fraction of sp³-hybridized carbons (Fsp3) is 0.400. The number of thiophene rings is 1. The monoisotopic (exact) mass is 615 g/mol. The van der Waals surface area contributed by atoms with Crippen LogP contribution in [0.15, 0.2) is 78.2 Å². The summed E-state index contributed by atoms with van der Waals surface area (Å²) in [6.45, 7) is 8.41. The number of nitrogens with zero attached hydrogens (tertiary/aromatic N) is 3. The van der Waals surface area contributed by atoms with Crippen LogP contribution in [-0.2, 0) is 14.9 Å². The van der Waals surface area contributed by atoms with Crippen molar-refractivity contribution in [3.05, 3.63) is 83.7 Å². The molecular formula is C35H41N3O5S. The van der Waals surface area contributed by atoms with Crippen molar-refractivity contribution in [2.45, 2.75) is 45.0 Å². The summed E-state index contributed by atoms with van der Waals surface area (Å²) in [5.74, 6) is 1.13. The minimum Gasteiger partial charge on any atom is -0.494 e. The minimum absolute atomic E-state index is 0.0707. The largest absolute Gasteiger partial charge is 0.494 e. The zero-order valence-corrected chi connectivity index (χ0v) is 26.3. The van der Waals surface area contributed by atoms with Crippen LogP contribution < -0.4 is 19.3 Å². The Kier molecular flexibility index (Phi) is 9.37. The topological polar surface area (TPSA) is 74.7 Å². The molecule has 232 valence electrons. The molecule has 6 rings (SSSR count). The van der Waals surface area contributed by atoms with Gasteiger partial charge in [0.25, 0.3) is 0 Å². The number of aliphatic hydroxyl groups is 1. The van der Waals surface area contributed by atoms with E-state index < -0.39 is 6.48 Å². The lowest BCUT2D eigenvalue weighted by molar-refractivity contribution is -0.216. The molecule has 9 heteroatoms. The first kappa shape index (κ1) is 30.4. The van der Waals surface area contributed by atoms with Gasteiger partial charge in [-0.3, -0.25) is 19.3 Å². The van der Waals surface area contributed by atoms with Crippen molar-refractivity contribution in [2.75, 3.05) is 55.9 Å². The SMILES string of the molecule is CC1(C)CC(=O)N(COC(O)Oc2ccccc2)c2cc(OCCCCN3CCN(c4cccc5sccc45)CC3)ccc21. The lowest BCUT2D eigenvalue weighted by Crippen LogP contribution is -2.46. The number of ether oxygens (including phenoxy) is 3. The first-order valence-electron chi connectivity index (χ1n) is 15.4. The van der Waals surface area contributed by atoms with Gasteiger partial charge in [-0.1, -0.05) is 44.2 Å². The number of hydrogen-bond donors (Lipinski definition) is 1. The Balaban J connectivity index is 0.979. The van der Waals surface area contributed by atoms with Crippen LogP contribution in [0.3, 0.4) is 0 Å². The predicted molar refractivity (Wildman–Crippen MR) is 176 cm³/mol. The second-order valence-electron chi connectivity index (χ2n) is 12.1. The maximum atomic E-state index is 13.1. The van der Waals surface area contributed by atoms with Crippen molar-refractivity contribution >= 4 is 38.7 Å². The number of piperazine rings is 1. The van der Waals surface area contributed by atoms with Gasteiger partial charge >= 0.3 is 6.48 Å². The zero-order chi connectivity index (χ0) is 30.5. The number of carbonyl (C=O) groups is 1. The van der Waals surface area contributed by atoms with Crippen molar-refractivity contribution in [3.8, 4) is 11.5 Å². The number of anilines is 2. The van der Waals surface area contributed by atoms with Crippen LogP contribution in [0.1, 0.15) is 38.7 Å². The number of aliphatic hydroxyl groups excluding tert-OH is 1. The smallest absolute Gasteiger partial charge is 0.315 e. The number of unbranched alkanes of at least 4 members (excludes halogenated alkanes) is 1. The van der Waals surface area contributed by atoms with E-state index in [0.717, 1.165) is 62.6 Å². The summed E-state index contributed by atoms with van der Waals surface area (Å²) in [6.07, 6.45) is 2.36. The Labute approximate surface area is 263 Å². The van der Waals surface area contributed by atoms with Gasteiger partial charge in [-0.25, -0.2) is 0 Å². The lowest BCUT2D eigenvalue weighted by atomic mass is 9.77. The van der Waals surface area contributed by atoms with Gasteiger partial charge in [0, 0.05) is 59.9 Å². The maximum Gasteiger partial charge on any atom is 0.315 e. The Morgan fingerprint density at radius 2 is 1.73 bits per heavy atom. The van der Waals surface area contributed by atoms with E-state index >= 15 is 0 Å². The van der Waals surface area contributed by atoms with Gasteiger partial charge in [-0.05, 0) is 66.7 Å². The summed E-state index contributed by atoms with van der Waals surface area (Å²) in [5.41, 5.74) is 2.82. The summed E-state index contributed by atoms with van der Waals surface area (Å²) in [6, 6.07) is 23.7. The molecule has 0 saturated carbocycles. The van der Waals surface area contributed by atoms with Crippen molar-refractivity contribution in [2.24, 2.45) is 0 Å². The predicted octanol–water partition coefficient (Wildman–Crippen LogP) is 6.23. The standard InChI is InChI=1S/C35H41N3O5S/c1-35(2)24-33(39)38(25-42-34(40)43-26-9-4-3-5-10-26)31-23-27(13-14-29(31)35)41-21-7-6-16-36-17-19-37(20-18-36)30-11-8-12-32-28(30)15-22-44-32/h3-5,8-15,22-23,34,40H,6-7,16-21,24-25H2,1-2H3. The molecular weight excluding hydrogens is 574 g/mol. The van der Waals surface area contributed by atoms with Gasteiger partial charge in [-0.15, -0.1) is 11.3 Å². The Morgan fingerprint density at radius 3 is 2.55 bits per heavy atom. The first-order chi connectivity index (χ1) is 21.4. The molecule has 2 aliphatic heterocycles. The molecule has 4 aromatic rings. The number of rotatable bonds is 12. The quantitative estimate of drug-likeness (QED) is 0.150. The van der Waals surface area contributed by atoms with Crippen LogP contribution in [0.4, 0.5) is 11.4 Å². The first-order valence-corrected chi connectivity index (χ1v) is 16.3. The molecule has 0 aliphatic carbocycles. The van der Waals surface area contributed by atoms with E-state index in [1.165, 1.54) is 15.8 Å². The molecule has 1 fully saturated rings. The van der Waals surface area contributed by atoms with E-state index in [9.17, 15) is 9.90 Å². The summed E-state index contributed by atoms with van der Waals surface area (Å²) in [5, 5.41) is 13.8.